The van der Waals surface area contributed by atoms with Gasteiger partial charge < -0.3 is 14.8 Å². The van der Waals surface area contributed by atoms with Crippen LogP contribution >= 0.6 is 11.6 Å². The molecule has 0 fully saturated rings. The van der Waals surface area contributed by atoms with Crippen molar-refractivity contribution in [1.29, 1.82) is 0 Å². The molecule has 6 nitrogen and oxygen atoms in total. The van der Waals surface area contributed by atoms with Gasteiger partial charge in [0.05, 0.1) is 29.7 Å². The van der Waals surface area contributed by atoms with Gasteiger partial charge in [-0.05, 0) is 66.6 Å². The molecule has 2 amide bonds. The third-order valence-electron chi connectivity index (χ3n) is 6.89. The zero-order valence-corrected chi connectivity index (χ0v) is 21.4. The summed E-state index contributed by atoms with van der Waals surface area (Å²) < 4.78 is 17.4. The molecule has 2 aromatic heterocycles. The van der Waals surface area contributed by atoms with E-state index in [1.165, 1.54) is 12.1 Å². The van der Waals surface area contributed by atoms with Crippen LogP contribution in [0.15, 0.2) is 97.2 Å². The fourth-order valence-corrected chi connectivity index (χ4v) is 5.15. The van der Waals surface area contributed by atoms with Crippen LogP contribution in [0.4, 0.5) is 9.18 Å². The standard InChI is InChI=1S/C30H25ClFN5O/c1-20-26-19-36(30(38)33-18-21-9-15-24(32)16-10-21)28(22-11-13-23(31)14-12-22)27-8-5-17-35(27)29(26)37(34-20)25-6-3-2-4-7-25/h2-17,28H,18-19H2,1H3,(H,33,38)/t28-/m1/s1. The minimum absolute atomic E-state index is 0.235. The van der Waals surface area contributed by atoms with Crippen LogP contribution in [-0.2, 0) is 13.1 Å². The summed E-state index contributed by atoms with van der Waals surface area (Å²) in [4.78, 5) is 15.7. The molecule has 8 heteroatoms. The van der Waals surface area contributed by atoms with E-state index in [2.05, 4.69) is 9.88 Å². The minimum atomic E-state index is -0.383. The first kappa shape index (κ1) is 24.0. The lowest BCUT2D eigenvalue weighted by molar-refractivity contribution is 0.180. The molecule has 1 atom stereocenters. The number of para-hydroxylation sites is 1. The molecule has 0 radical (unpaired) electrons. The summed E-state index contributed by atoms with van der Waals surface area (Å²) in [6, 6.07) is 27.1. The average Bonchev–Trinajstić information content (AvgIpc) is 3.50. The minimum Gasteiger partial charge on any atom is -0.334 e. The van der Waals surface area contributed by atoms with Gasteiger partial charge in [-0.25, -0.2) is 13.9 Å². The second-order valence-corrected chi connectivity index (χ2v) is 9.74. The highest BCUT2D eigenvalue weighted by Crippen LogP contribution is 2.38. The molecule has 1 aliphatic rings. The molecule has 1 N–H and O–H groups in total. The van der Waals surface area contributed by atoms with Crippen LogP contribution in [0.3, 0.4) is 0 Å². The first-order valence-corrected chi connectivity index (χ1v) is 12.7. The van der Waals surface area contributed by atoms with E-state index in [9.17, 15) is 9.18 Å². The van der Waals surface area contributed by atoms with E-state index in [4.69, 9.17) is 16.7 Å². The molecule has 0 saturated carbocycles. The number of aromatic nitrogens is 3. The van der Waals surface area contributed by atoms with Crippen molar-refractivity contribution in [3.8, 4) is 11.5 Å². The number of carbonyl (C=O) groups excluding carboxylic acids is 1. The van der Waals surface area contributed by atoms with Crippen molar-refractivity contribution in [2.75, 3.05) is 0 Å². The molecule has 0 spiro atoms. The number of halogens is 2. The van der Waals surface area contributed by atoms with Gasteiger partial charge in [0.15, 0.2) is 0 Å². The largest absolute Gasteiger partial charge is 0.334 e. The highest BCUT2D eigenvalue weighted by Gasteiger charge is 2.35. The van der Waals surface area contributed by atoms with Crippen LogP contribution in [0.1, 0.15) is 34.1 Å². The number of hydrogen-bond acceptors (Lipinski definition) is 2. The van der Waals surface area contributed by atoms with E-state index >= 15 is 0 Å². The zero-order valence-electron chi connectivity index (χ0n) is 20.7. The van der Waals surface area contributed by atoms with Gasteiger partial charge in [-0.2, -0.15) is 5.10 Å². The summed E-state index contributed by atoms with van der Waals surface area (Å²) in [6.07, 6.45) is 2.01. The first-order valence-electron chi connectivity index (χ1n) is 12.4. The van der Waals surface area contributed by atoms with E-state index in [0.717, 1.165) is 39.6 Å². The second-order valence-electron chi connectivity index (χ2n) is 9.31. The lowest BCUT2D eigenvalue weighted by atomic mass is 10.0. The molecule has 5 aromatic rings. The van der Waals surface area contributed by atoms with E-state index in [1.807, 2.05) is 89.4 Å². The zero-order chi connectivity index (χ0) is 26.2. The predicted molar refractivity (Wildman–Crippen MR) is 145 cm³/mol. The van der Waals surface area contributed by atoms with E-state index in [1.54, 1.807) is 12.1 Å². The molecular formula is C30H25ClFN5O. The van der Waals surface area contributed by atoms with Crippen LogP contribution in [0.25, 0.3) is 11.5 Å². The van der Waals surface area contributed by atoms with Gasteiger partial charge in [-0.3, -0.25) is 0 Å². The maximum Gasteiger partial charge on any atom is 0.318 e. The van der Waals surface area contributed by atoms with Crippen molar-refractivity contribution in [3.63, 3.8) is 0 Å². The summed E-state index contributed by atoms with van der Waals surface area (Å²) in [5.41, 5.74) is 5.42. The normalized spacial score (nSPS) is 14.5. The van der Waals surface area contributed by atoms with Crippen LogP contribution < -0.4 is 5.32 Å². The summed E-state index contributed by atoms with van der Waals surface area (Å²) >= 11 is 6.22. The van der Waals surface area contributed by atoms with Gasteiger partial charge in [-0.1, -0.05) is 54.1 Å². The number of benzene rings is 3. The molecule has 38 heavy (non-hydrogen) atoms. The number of nitrogens with one attached hydrogen (secondary N) is 1. The Labute approximate surface area is 224 Å². The summed E-state index contributed by atoms with van der Waals surface area (Å²) in [6.45, 7) is 2.59. The first-order chi connectivity index (χ1) is 18.5. The number of amides is 2. The number of fused-ring (bicyclic) bond motifs is 3. The topological polar surface area (TPSA) is 55.1 Å². The Bertz CT molecular complexity index is 1590. The Morgan fingerprint density at radius 1 is 1.00 bits per heavy atom. The van der Waals surface area contributed by atoms with Gasteiger partial charge in [0.25, 0.3) is 0 Å². The van der Waals surface area contributed by atoms with Gasteiger partial charge in [0.2, 0.25) is 0 Å². The molecule has 0 unspecified atom stereocenters. The monoisotopic (exact) mass is 525 g/mol. The van der Waals surface area contributed by atoms with E-state index in [0.29, 0.717) is 11.6 Å². The Hall–Kier alpha value is -4.36. The van der Waals surface area contributed by atoms with E-state index < -0.39 is 0 Å². The third kappa shape index (κ3) is 4.35. The number of hydrogen-bond donors (Lipinski definition) is 1. The number of rotatable bonds is 4. The number of urea groups is 1. The van der Waals surface area contributed by atoms with Crippen molar-refractivity contribution in [2.24, 2.45) is 0 Å². The summed E-state index contributed by atoms with van der Waals surface area (Å²) in [5.74, 6) is 0.594. The molecule has 0 bridgehead atoms. The maximum atomic E-state index is 13.8. The molecule has 3 aromatic carbocycles. The number of aryl methyl sites for hydroxylation is 1. The van der Waals surface area contributed by atoms with Crippen molar-refractivity contribution in [3.05, 3.63) is 136 Å². The maximum absolute atomic E-state index is 13.8. The molecule has 0 aliphatic carbocycles. The van der Waals surface area contributed by atoms with Crippen molar-refractivity contribution < 1.29 is 9.18 Å². The molecule has 0 saturated heterocycles. The second kappa shape index (κ2) is 9.84. The van der Waals surface area contributed by atoms with Gasteiger partial charge in [0, 0.05) is 23.3 Å². The Morgan fingerprint density at radius 2 is 1.74 bits per heavy atom. The van der Waals surface area contributed by atoms with Crippen molar-refractivity contribution in [2.45, 2.75) is 26.1 Å². The molecule has 190 valence electrons. The van der Waals surface area contributed by atoms with Crippen molar-refractivity contribution >= 4 is 17.6 Å². The third-order valence-corrected chi connectivity index (χ3v) is 7.14. The predicted octanol–water partition coefficient (Wildman–Crippen LogP) is 6.58. The molecule has 1 aliphatic heterocycles. The fraction of sp³-hybridized carbons (Fsp3) is 0.133. The van der Waals surface area contributed by atoms with Crippen LogP contribution in [0, 0.1) is 12.7 Å². The molecular weight excluding hydrogens is 501 g/mol. The van der Waals surface area contributed by atoms with Crippen LogP contribution in [-0.4, -0.2) is 25.3 Å². The highest BCUT2D eigenvalue weighted by molar-refractivity contribution is 6.30. The Kier molecular flexibility index (Phi) is 6.21. The van der Waals surface area contributed by atoms with Gasteiger partial charge in [0.1, 0.15) is 11.6 Å². The number of nitrogens with zero attached hydrogens (tertiary/aromatic N) is 4. The molecule has 3 heterocycles. The molecule has 6 rings (SSSR count). The quantitative estimate of drug-likeness (QED) is 0.288. The number of carbonyl (C=O) groups is 1. The van der Waals surface area contributed by atoms with E-state index in [-0.39, 0.29) is 24.4 Å². The summed E-state index contributed by atoms with van der Waals surface area (Å²) in [5, 5.41) is 8.54. The van der Waals surface area contributed by atoms with Gasteiger partial charge in [-0.15, -0.1) is 0 Å². The summed E-state index contributed by atoms with van der Waals surface area (Å²) in [7, 11) is 0. The SMILES string of the molecule is Cc1nn(-c2ccccc2)c2c1CN(C(=O)NCc1ccc(F)cc1)[C@H](c1ccc(Cl)cc1)c1cccn1-2. The van der Waals surface area contributed by atoms with Crippen LogP contribution in [0.2, 0.25) is 5.02 Å². The van der Waals surface area contributed by atoms with Crippen molar-refractivity contribution in [1.82, 2.24) is 24.6 Å². The highest BCUT2D eigenvalue weighted by atomic mass is 35.5. The lowest BCUT2D eigenvalue weighted by Gasteiger charge is -2.31. The Balaban J connectivity index is 1.47. The Morgan fingerprint density at radius 3 is 2.47 bits per heavy atom. The lowest BCUT2D eigenvalue weighted by Crippen LogP contribution is -2.41. The smallest absolute Gasteiger partial charge is 0.318 e. The average molecular weight is 526 g/mol. The van der Waals surface area contributed by atoms with Gasteiger partial charge >= 0.3 is 6.03 Å². The fourth-order valence-electron chi connectivity index (χ4n) is 5.03. The van der Waals surface area contributed by atoms with Crippen LogP contribution in [0.5, 0.6) is 0 Å².